The summed E-state index contributed by atoms with van der Waals surface area (Å²) in [5.74, 6) is -1.08. The van der Waals surface area contributed by atoms with Gasteiger partial charge < -0.3 is 71.0 Å². The van der Waals surface area contributed by atoms with Gasteiger partial charge in [0.2, 0.25) is 0 Å². The number of nitrogen functional groups attached to an aromatic ring is 2. The fourth-order valence-electron chi connectivity index (χ4n) is 5.68. The van der Waals surface area contributed by atoms with Gasteiger partial charge in [0, 0.05) is 25.8 Å². The van der Waals surface area contributed by atoms with Crippen LogP contribution in [0.5, 0.6) is 0 Å². The predicted octanol–water partition coefficient (Wildman–Crippen LogP) is -3.77. The smallest absolute Gasteiger partial charge is 0.351 e. The molecule has 12 N–H and O–H groups in total. The van der Waals surface area contributed by atoms with Crippen LogP contribution in [0.4, 0.5) is 11.6 Å². The number of ether oxygens (including phenoxy) is 3. The van der Waals surface area contributed by atoms with Crippen molar-refractivity contribution >= 4 is 37.4 Å². The Morgan fingerprint density at radius 2 is 1.78 bits per heavy atom. The van der Waals surface area contributed by atoms with E-state index in [0.29, 0.717) is 11.2 Å². The number of carbonyl (C=O) groups is 1. The van der Waals surface area contributed by atoms with Crippen molar-refractivity contribution in [3.05, 3.63) is 35.4 Å². The van der Waals surface area contributed by atoms with Crippen molar-refractivity contribution < 1.29 is 53.7 Å². The van der Waals surface area contributed by atoms with Crippen LogP contribution in [0.15, 0.2) is 29.7 Å². The number of rotatable bonds is 16. The van der Waals surface area contributed by atoms with Crippen LogP contribution in [0.1, 0.15) is 25.3 Å². The van der Waals surface area contributed by atoms with Crippen molar-refractivity contribution in [3.63, 3.8) is 0 Å². The lowest BCUT2D eigenvalue weighted by molar-refractivity contribution is -0.138. The lowest BCUT2D eigenvalue weighted by Crippen LogP contribution is -2.41. The Kier molecular flexibility index (Phi) is 12.0. The summed E-state index contributed by atoms with van der Waals surface area (Å²) in [6.07, 6.45) is -5.16. The molecule has 0 spiro atoms. The van der Waals surface area contributed by atoms with Crippen LogP contribution >= 0.6 is 8.60 Å². The van der Waals surface area contributed by atoms with Crippen molar-refractivity contribution in [1.29, 1.82) is 0 Å². The van der Waals surface area contributed by atoms with Crippen molar-refractivity contribution in [1.82, 2.24) is 34.0 Å². The highest BCUT2D eigenvalue weighted by Gasteiger charge is 2.47. The molecule has 22 nitrogen and oxygen atoms in total. The van der Waals surface area contributed by atoms with E-state index >= 15 is 0 Å². The van der Waals surface area contributed by atoms with Crippen molar-refractivity contribution in [3.8, 4) is 0 Å². The van der Waals surface area contributed by atoms with Gasteiger partial charge in [0.05, 0.1) is 25.6 Å². The number of aliphatic hydroxyl groups is 3. The van der Waals surface area contributed by atoms with Crippen LogP contribution in [0.3, 0.4) is 0 Å². The summed E-state index contributed by atoms with van der Waals surface area (Å²) in [4.78, 5) is 60.0. The van der Waals surface area contributed by atoms with Gasteiger partial charge in [0.1, 0.15) is 54.2 Å². The molecule has 0 amide bonds. The SMILES string of the molecule is Nc1ccn([C@@H]2O[C@H](COP(O)O)[C@@H](O)[C@H]2OCCN(CC[C@H](N)C(=O)O)CC[C@H]2O[C@@H](n3cnc4c(N)ncnc43)[C@H](O)[C@@H]2O)c(=O)n1. The van der Waals surface area contributed by atoms with E-state index in [1.807, 2.05) is 0 Å². The van der Waals surface area contributed by atoms with Gasteiger partial charge in [-0.3, -0.25) is 13.9 Å². The van der Waals surface area contributed by atoms with Crippen molar-refractivity contribution in [2.45, 2.75) is 68.0 Å². The molecule has 9 atom stereocenters. The average Bonchev–Trinajstić information content (AvgIpc) is 3.71. The number of carboxylic acid groups (broad SMARTS) is 1. The molecule has 270 valence electrons. The molecule has 0 saturated carbocycles. The Balaban J connectivity index is 1.25. The molecular formula is C26H39N10O12P. The second kappa shape index (κ2) is 16.0. The number of anilines is 2. The quantitative estimate of drug-likeness (QED) is 0.0643. The van der Waals surface area contributed by atoms with Gasteiger partial charge in [-0.25, -0.2) is 19.7 Å². The van der Waals surface area contributed by atoms with Gasteiger partial charge >= 0.3 is 20.3 Å². The minimum atomic E-state index is -2.75. The van der Waals surface area contributed by atoms with Crippen molar-refractivity contribution in [2.24, 2.45) is 5.73 Å². The number of aliphatic carboxylic acids is 1. The van der Waals surface area contributed by atoms with E-state index in [2.05, 4.69) is 19.9 Å². The van der Waals surface area contributed by atoms with E-state index in [1.54, 1.807) is 4.90 Å². The molecule has 0 unspecified atom stereocenters. The minimum absolute atomic E-state index is 0.0363. The summed E-state index contributed by atoms with van der Waals surface area (Å²) in [7, 11) is -2.75. The molecule has 3 aromatic heterocycles. The highest BCUT2D eigenvalue weighted by Crippen LogP contribution is 2.35. The van der Waals surface area contributed by atoms with Gasteiger partial charge in [-0.15, -0.1) is 0 Å². The zero-order valence-corrected chi connectivity index (χ0v) is 26.8. The maximum absolute atomic E-state index is 12.6. The molecule has 2 saturated heterocycles. The van der Waals surface area contributed by atoms with E-state index in [1.165, 1.54) is 29.5 Å². The lowest BCUT2D eigenvalue weighted by Gasteiger charge is -2.27. The summed E-state index contributed by atoms with van der Waals surface area (Å²) < 4.78 is 25.2. The van der Waals surface area contributed by atoms with Gasteiger partial charge in [0.25, 0.3) is 0 Å². The van der Waals surface area contributed by atoms with Crippen LogP contribution in [0.2, 0.25) is 0 Å². The Morgan fingerprint density at radius 1 is 1.02 bits per heavy atom. The predicted molar refractivity (Wildman–Crippen MR) is 167 cm³/mol. The summed E-state index contributed by atoms with van der Waals surface area (Å²) >= 11 is 0. The molecule has 0 aliphatic carbocycles. The van der Waals surface area contributed by atoms with Crippen LogP contribution in [-0.2, 0) is 23.5 Å². The van der Waals surface area contributed by atoms with Crippen LogP contribution in [0.25, 0.3) is 11.2 Å². The van der Waals surface area contributed by atoms with Gasteiger partial charge in [-0.05, 0) is 18.9 Å². The van der Waals surface area contributed by atoms with Gasteiger partial charge in [0.15, 0.2) is 23.9 Å². The molecule has 2 aliphatic heterocycles. The first-order chi connectivity index (χ1) is 23.3. The average molecular weight is 715 g/mol. The Hall–Kier alpha value is -3.51. The number of nitrogens with zero attached hydrogens (tertiary/aromatic N) is 7. The third-order valence-electron chi connectivity index (χ3n) is 8.31. The second-order valence-electron chi connectivity index (χ2n) is 11.5. The zero-order chi connectivity index (χ0) is 35.4. The molecule has 0 bridgehead atoms. The van der Waals surface area contributed by atoms with E-state index in [-0.39, 0.29) is 50.7 Å². The summed E-state index contributed by atoms with van der Waals surface area (Å²) in [6, 6.07) is 0.196. The number of hydrogen-bond acceptors (Lipinski definition) is 19. The number of carboxylic acids is 1. The van der Waals surface area contributed by atoms with Crippen LogP contribution < -0.4 is 22.9 Å². The number of fused-ring (bicyclic) bond motifs is 1. The number of nitrogens with two attached hydrogens (primary N) is 3. The summed E-state index contributed by atoms with van der Waals surface area (Å²) in [6.45, 7) is 0.100. The van der Waals surface area contributed by atoms with E-state index in [0.717, 1.165) is 4.57 Å². The molecule has 2 fully saturated rings. The first-order valence-corrected chi connectivity index (χ1v) is 16.3. The standard InChI is InChI=1S/C26H39N10O12P/c27-12(25(40)41)1-4-34(5-2-13-17(37)19(39)23(47-13)36-11-32-16-21(29)30-10-31-22(16)36)7-8-45-20-18(38)14(9-46-49(43)44)48-24(20)35-6-3-15(28)33-26(35)42/h3,6,10-14,17-20,23-24,37-39,43-44H,1-2,4-5,7-9,27H2,(H,40,41)(H2,28,33,42)(H2,29,30,31)/t12-,13+,14+,17+,18+,19+,20+,23+,24+/m0/s1. The molecule has 0 aromatic carbocycles. The topological polar surface area (TPSA) is 335 Å². The fourth-order valence-corrected chi connectivity index (χ4v) is 5.96. The normalized spacial score (nSPS) is 27.8. The third-order valence-corrected chi connectivity index (χ3v) is 8.69. The van der Waals surface area contributed by atoms with E-state index in [9.17, 15) is 39.8 Å². The molecule has 23 heteroatoms. The highest BCUT2D eigenvalue weighted by molar-refractivity contribution is 7.39. The lowest BCUT2D eigenvalue weighted by atomic mass is 10.1. The monoisotopic (exact) mass is 714 g/mol. The fraction of sp³-hybridized carbons (Fsp3) is 0.615. The Labute approximate surface area is 278 Å². The maximum atomic E-state index is 12.6. The molecule has 0 radical (unpaired) electrons. The number of hydrogen-bond donors (Lipinski definition) is 9. The second-order valence-corrected chi connectivity index (χ2v) is 12.2. The van der Waals surface area contributed by atoms with Crippen LogP contribution in [-0.4, -0.2) is 146 Å². The molecule has 5 heterocycles. The summed E-state index contributed by atoms with van der Waals surface area (Å²) in [5.41, 5.74) is 17.1. The largest absolute Gasteiger partial charge is 0.480 e. The first-order valence-electron chi connectivity index (χ1n) is 15.1. The minimum Gasteiger partial charge on any atom is -0.480 e. The number of aromatic nitrogens is 6. The Bertz CT molecular complexity index is 1630. The van der Waals surface area contributed by atoms with Gasteiger partial charge in [-0.2, -0.15) is 4.98 Å². The Morgan fingerprint density at radius 3 is 2.49 bits per heavy atom. The van der Waals surface area contributed by atoms with E-state index in [4.69, 9.17) is 35.9 Å². The van der Waals surface area contributed by atoms with Crippen molar-refractivity contribution in [2.75, 3.05) is 44.3 Å². The summed E-state index contributed by atoms with van der Waals surface area (Å²) in [5, 5.41) is 42.0. The zero-order valence-electron chi connectivity index (χ0n) is 25.9. The molecule has 3 aromatic rings. The van der Waals surface area contributed by atoms with Gasteiger partial charge in [-0.1, -0.05) is 0 Å². The third kappa shape index (κ3) is 8.45. The van der Waals surface area contributed by atoms with E-state index < -0.39 is 82.0 Å². The molecule has 5 rings (SSSR count). The maximum Gasteiger partial charge on any atom is 0.351 e. The molecule has 49 heavy (non-hydrogen) atoms. The van der Waals surface area contributed by atoms with Crippen LogP contribution in [0, 0.1) is 0 Å². The number of imidazole rings is 1. The first kappa shape index (κ1) is 36.8. The number of aliphatic hydroxyl groups excluding tert-OH is 3. The highest BCUT2D eigenvalue weighted by atomic mass is 31.2. The molecule has 2 aliphatic rings. The molecular weight excluding hydrogens is 675 g/mol.